The van der Waals surface area contributed by atoms with Crippen molar-refractivity contribution in [3.63, 3.8) is 0 Å². The van der Waals surface area contributed by atoms with Crippen LogP contribution in [0.25, 0.3) is 0 Å². The van der Waals surface area contributed by atoms with Crippen molar-refractivity contribution in [3.8, 4) is 0 Å². The van der Waals surface area contributed by atoms with Crippen molar-refractivity contribution >= 4 is 6.09 Å². The molecule has 0 aromatic heterocycles. The monoisotopic (exact) mass is 142 g/mol. The number of cyclic esters (lactones) is 1. The molecule has 0 N–H and O–H groups in total. The normalized spacial score (nSPS) is 30.8. The number of nitrogens with zero attached hydrogens (tertiary/aromatic N) is 2. The van der Waals surface area contributed by atoms with Gasteiger partial charge in [0.05, 0.1) is 0 Å². The van der Waals surface area contributed by atoms with Crippen molar-refractivity contribution in [2.75, 3.05) is 0 Å². The van der Waals surface area contributed by atoms with Crippen molar-refractivity contribution < 1.29 is 9.53 Å². The zero-order valence-corrected chi connectivity index (χ0v) is 6.13. The van der Waals surface area contributed by atoms with E-state index in [0.717, 1.165) is 12.8 Å². The van der Waals surface area contributed by atoms with Gasteiger partial charge in [-0.05, 0) is 6.92 Å². The number of ether oxygens (including phenoxy) is 1. The second-order valence-electron chi connectivity index (χ2n) is 2.49. The van der Waals surface area contributed by atoms with Crippen LogP contribution in [-0.2, 0) is 4.74 Å². The molecule has 4 nitrogen and oxygen atoms in total. The number of azo groups is 1. The van der Waals surface area contributed by atoms with E-state index in [-0.39, 0.29) is 0 Å². The number of amides is 1. The molecule has 0 radical (unpaired) electrons. The number of hydrogen-bond acceptors (Lipinski definition) is 3. The molecule has 0 aromatic carbocycles. The Morgan fingerprint density at radius 1 is 1.70 bits per heavy atom. The first-order chi connectivity index (χ1) is 4.66. The molecule has 0 saturated carbocycles. The summed E-state index contributed by atoms with van der Waals surface area (Å²) in [5.74, 6) is 0. The Balaban J connectivity index is 2.56. The van der Waals surface area contributed by atoms with Crippen molar-refractivity contribution in [1.29, 1.82) is 0 Å². The molecule has 1 rings (SSSR count). The average Bonchev–Trinajstić information content (AvgIpc) is 2.12. The molecule has 0 aromatic rings. The van der Waals surface area contributed by atoms with Crippen molar-refractivity contribution in [1.82, 2.24) is 0 Å². The van der Waals surface area contributed by atoms with Crippen LogP contribution in [0.2, 0.25) is 0 Å². The third-order valence-electron chi connectivity index (χ3n) is 1.36. The van der Waals surface area contributed by atoms with Crippen LogP contribution in [0.1, 0.15) is 26.7 Å². The summed E-state index contributed by atoms with van der Waals surface area (Å²) in [5.41, 5.74) is -0.675. The van der Waals surface area contributed by atoms with E-state index in [1.165, 1.54) is 0 Å². The van der Waals surface area contributed by atoms with Gasteiger partial charge >= 0.3 is 6.09 Å². The highest BCUT2D eigenvalue weighted by atomic mass is 16.6. The fraction of sp³-hybridized carbons (Fsp3) is 0.833. The van der Waals surface area contributed by atoms with E-state index in [1.807, 2.05) is 6.92 Å². The number of rotatable bonds is 2. The van der Waals surface area contributed by atoms with Crippen LogP contribution in [0.3, 0.4) is 0 Å². The van der Waals surface area contributed by atoms with Crippen LogP contribution in [0.15, 0.2) is 10.2 Å². The van der Waals surface area contributed by atoms with Gasteiger partial charge in [-0.15, -0.1) is 5.11 Å². The lowest BCUT2D eigenvalue weighted by atomic mass is 10.1. The number of hydrogen-bond donors (Lipinski definition) is 0. The lowest BCUT2D eigenvalue weighted by molar-refractivity contribution is 0.0521. The minimum absolute atomic E-state index is 0.573. The fourth-order valence-electron chi connectivity index (χ4n) is 0.940. The highest BCUT2D eigenvalue weighted by Gasteiger charge is 2.32. The maximum Gasteiger partial charge on any atom is 0.454 e. The van der Waals surface area contributed by atoms with E-state index in [0.29, 0.717) is 0 Å². The van der Waals surface area contributed by atoms with Crippen LogP contribution in [0.4, 0.5) is 4.79 Å². The molecular formula is C6H10N2O2. The zero-order chi connectivity index (χ0) is 7.61. The largest absolute Gasteiger partial charge is 0.454 e. The van der Waals surface area contributed by atoms with Crippen LogP contribution in [0, 0.1) is 0 Å². The van der Waals surface area contributed by atoms with E-state index < -0.39 is 11.8 Å². The fourth-order valence-corrected chi connectivity index (χ4v) is 0.940. The van der Waals surface area contributed by atoms with Gasteiger partial charge < -0.3 is 4.74 Å². The highest BCUT2D eigenvalue weighted by molar-refractivity contribution is 5.69. The molecule has 4 heteroatoms. The lowest BCUT2D eigenvalue weighted by Gasteiger charge is -2.15. The topological polar surface area (TPSA) is 51.0 Å². The quantitative estimate of drug-likeness (QED) is 0.592. The van der Waals surface area contributed by atoms with Crippen LogP contribution >= 0.6 is 0 Å². The molecule has 0 spiro atoms. The second-order valence-corrected chi connectivity index (χ2v) is 2.49. The molecule has 1 atom stereocenters. The van der Waals surface area contributed by atoms with Gasteiger partial charge in [-0.25, -0.2) is 4.79 Å². The average molecular weight is 142 g/mol. The molecule has 1 heterocycles. The molecule has 0 bridgehead atoms. The predicted molar refractivity (Wildman–Crippen MR) is 34.6 cm³/mol. The van der Waals surface area contributed by atoms with Crippen LogP contribution in [-0.4, -0.2) is 11.8 Å². The van der Waals surface area contributed by atoms with E-state index in [2.05, 4.69) is 10.2 Å². The molecule has 1 aliphatic heterocycles. The molecule has 56 valence electrons. The molecule has 10 heavy (non-hydrogen) atoms. The first-order valence-electron chi connectivity index (χ1n) is 3.32. The SMILES string of the molecule is CCCC1(C)N=NC(=O)O1. The van der Waals surface area contributed by atoms with E-state index in [9.17, 15) is 4.79 Å². The van der Waals surface area contributed by atoms with Crippen molar-refractivity contribution in [2.24, 2.45) is 10.2 Å². The van der Waals surface area contributed by atoms with Gasteiger partial charge in [-0.1, -0.05) is 18.5 Å². The molecule has 1 aliphatic rings. The molecule has 1 amide bonds. The minimum Gasteiger partial charge on any atom is -0.417 e. The van der Waals surface area contributed by atoms with Gasteiger partial charge in [0.25, 0.3) is 0 Å². The number of carbonyl (C=O) groups is 1. The van der Waals surface area contributed by atoms with Gasteiger partial charge in [-0.3, -0.25) is 0 Å². The summed E-state index contributed by atoms with van der Waals surface area (Å²) in [6, 6.07) is 0. The Kier molecular flexibility index (Phi) is 1.70. The van der Waals surface area contributed by atoms with Gasteiger partial charge in [0.1, 0.15) is 0 Å². The van der Waals surface area contributed by atoms with Crippen LogP contribution in [0.5, 0.6) is 0 Å². The summed E-state index contributed by atoms with van der Waals surface area (Å²) in [4.78, 5) is 10.5. The first kappa shape index (κ1) is 7.18. The lowest BCUT2D eigenvalue weighted by Crippen LogP contribution is -2.22. The maximum absolute atomic E-state index is 10.5. The smallest absolute Gasteiger partial charge is 0.417 e. The highest BCUT2D eigenvalue weighted by Crippen LogP contribution is 2.25. The third-order valence-corrected chi connectivity index (χ3v) is 1.36. The predicted octanol–water partition coefficient (Wildman–Crippen LogP) is 2.11. The van der Waals surface area contributed by atoms with Gasteiger partial charge in [-0.2, -0.15) is 0 Å². The Hall–Kier alpha value is -0.930. The first-order valence-corrected chi connectivity index (χ1v) is 3.32. The Morgan fingerprint density at radius 3 is 2.80 bits per heavy atom. The summed E-state index contributed by atoms with van der Waals surface area (Å²) < 4.78 is 4.82. The minimum atomic E-state index is -0.675. The van der Waals surface area contributed by atoms with Gasteiger partial charge in [0.15, 0.2) is 0 Å². The summed E-state index contributed by atoms with van der Waals surface area (Å²) in [5, 5.41) is 6.96. The maximum atomic E-state index is 10.5. The summed E-state index contributed by atoms with van der Waals surface area (Å²) in [7, 11) is 0. The summed E-state index contributed by atoms with van der Waals surface area (Å²) >= 11 is 0. The van der Waals surface area contributed by atoms with Crippen LogP contribution < -0.4 is 0 Å². The Labute approximate surface area is 59.3 Å². The standard InChI is InChI=1S/C6H10N2O2/c1-3-4-6(2)8-7-5(9)10-6/h3-4H2,1-2H3. The van der Waals surface area contributed by atoms with E-state index in [4.69, 9.17) is 4.74 Å². The Morgan fingerprint density at radius 2 is 2.40 bits per heavy atom. The van der Waals surface area contributed by atoms with E-state index in [1.54, 1.807) is 6.92 Å². The molecule has 1 unspecified atom stereocenters. The van der Waals surface area contributed by atoms with E-state index >= 15 is 0 Å². The zero-order valence-electron chi connectivity index (χ0n) is 6.13. The van der Waals surface area contributed by atoms with Gasteiger partial charge in [0, 0.05) is 6.42 Å². The molecular weight excluding hydrogens is 132 g/mol. The summed E-state index contributed by atoms with van der Waals surface area (Å²) in [6.07, 6.45) is 1.10. The molecule has 0 fully saturated rings. The molecule has 0 saturated heterocycles. The van der Waals surface area contributed by atoms with Gasteiger partial charge in [0.2, 0.25) is 5.72 Å². The number of carbonyl (C=O) groups excluding carboxylic acids is 1. The third kappa shape index (κ3) is 1.32. The molecule has 0 aliphatic carbocycles. The summed E-state index contributed by atoms with van der Waals surface area (Å²) in [6.45, 7) is 3.76. The van der Waals surface area contributed by atoms with Crippen molar-refractivity contribution in [3.05, 3.63) is 0 Å². The Bertz CT molecular complexity index is 179. The second kappa shape index (κ2) is 2.36. The van der Waals surface area contributed by atoms with Crippen molar-refractivity contribution in [2.45, 2.75) is 32.4 Å².